The summed E-state index contributed by atoms with van der Waals surface area (Å²) in [6.45, 7) is 2.06. The summed E-state index contributed by atoms with van der Waals surface area (Å²) in [5, 5.41) is 1.48. The van der Waals surface area contributed by atoms with Gasteiger partial charge in [-0.2, -0.15) is 0 Å². The summed E-state index contributed by atoms with van der Waals surface area (Å²) in [5.74, 6) is 0.407. The lowest BCUT2D eigenvalue weighted by Gasteiger charge is -2.12. The summed E-state index contributed by atoms with van der Waals surface area (Å²) in [5.41, 5.74) is 0. The molecule has 1 rings (SSSR count). The minimum atomic E-state index is 0.407. The van der Waals surface area contributed by atoms with Crippen molar-refractivity contribution in [1.29, 1.82) is 0 Å². The van der Waals surface area contributed by atoms with E-state index >= 15 is 0 Å². The van der Waals surface area contributed by atoms with E-state index in [2.05, 4.69) is 6.92 Å². The van der Waals surface area contributed by atoms with Gasteiger partial charge in [-0.05, 0) is 18.4 Å². The van der Waals surface area contributed by atoms with E-state index in [9.17, 15) is 0 Å². The van der Waals surface area contributed by atoms with Gasteiger partial charge in [0, 0.05) is 5.03 Å². The molecule has 9 heavy (non-hydrogen) atoms. The van der Waals surface area contributed by atoms with Crippen LogP contribution in [0.3, 0.4) is 0 Å². The predicted octanol–water partition coefficient (Wildman–Crippen LogP) is 3.27. The van der Waals surface area contributed by atoms with Gasteiger partial charge >= 0.3 is 0 Å². The fourth-order valence-corrected chi connectivity index (χ4v) is 1.22. The van der Waals surface area contributed by atoms with E-state index in [1.54, 1.807) is 0 Å². The van der Waals surface area contributed by atoms with Crippen molar-refractivity contribution in [2.75, 3.05) is 0 Å². The van der Waals surface area contributed by atoms with Crippen LogP contribution in [0.4, 0.5) is 0 Å². The molecule has 1 aliphatic carbocycles. The standard InChI is InChI=1S/C7H8Cl2/c1-5-3-2-4-6(8)7(5)9/h2,4-5H,3H2,1H3. The van der Waals surface area contributed by atoms with Gasteiger partial charge in [0.05, 0.1) is 5.03 Å². The van der Waals surface area contributed by atoms with Gasteiger partial charge < -0.3 is 0 Å². The van der Waals surface area contributed by atoms with E-state index in [1.807, 2.05) is 12.2 Å². The number of rotatable bonds is 0. The predicted molar refractivity (Wildman–Crippen MR) is 41.7 cm³/mol. The lowest BCUT2D eigenvalue weighted by molar-refractivity contribution is 0.719. The van der Waals surface area contributed by atoms with Crippen molar-refractivity contribution in [2.45, 2.75) is 13.3 Å². The monoisotopic (exact) mass is 162 g/mol. The van der Waals surface area contributed by atoms with Crippen LogP contribution in [-0.4, -0.2) is 0 Å². The third-order valence-corrected chi connectivity index (χ3v) is 2.42. The van der Waals surface area contributed by atoms with E-state index < -0.39 is 0 Å². The quantitative estimate of drug-likeness (QED) is 0.514. The second-order valence-electron chi connectivity index (χ2n) is 2.23. The Labute approximate surface area is 65.2 Å². The molecule has 0 aromatic heterocycles. The first kappa shape index (κ1) is 7.17. The zero-order chi connectivity index (χ0) is 6.85. The highest BCUT2D eigenvalue weighted by Gasteiger charge is 2.11. The maximum Gasteiger partial charge on any atom is 0.0550 e. The lowest BCUT2D eigenvalue weighted by atomic mass is 10.0. The van der Waals surface area contributed by atoms with E-state index in [4.69, 9.17) is 23.2 Å². The Balaban J connectivity index is 2.83. The van der Waals surface area contributed by atoms with Crippen LogP contribution in [0.2, 0.25) is 0 Å². The Bertz CT molecular complexity index is 168. The fourth-order valence-electron chi connectivity index (χ4n) is 0.794. The third-order valence-electron chi connectivity index (χ3n) is 1.41. The van der Waals surface area contributed by atoms with Gasteiger partial charge in [-0.1, -0.05) is 36.2 Å². The topological polar surface area (TPSA) is 0 Å². The zero-order valence-electron chi connectivity index (χ0n) is 5.20. The van der Waals surface area contributed by atoms with Crippen molar-refractivity contribution in [3.63, 3.8) is 0 Å². The third kappa shape index (κ3) is 1.50. The first-order valence-corrected chi connectivity index (χ1v) is 3.69. The van der Waals surface area contributed by atoms with Crippen LogP contribution in [0.15, 0.2) is 22.2 Å². The number of halogens is 2. The average Bonchev–Trinajstić information content (AvgIpc) is 1.83. The summed E-state index contributed by atoms with van der Waals surface area (Å²) in [7, 11) is 0. The highest BCUT2D eigenvalue weighted by Crippen LogP contribution is 2.29. The Hall–Kier alpha value is 0.0600. The Morgan fingerprint density at radius 2 is 2.22 bits per heavy atom. The summed E-state index contributed by atoms with van der Waals surface area (Å²) in [4.78, 5) is 0. The highest BCUT2D eigenvalue weighted by molar-refractivity contribution is 6.40. The van der Waals surface area contributed by atoms with Gasteiger partial charge in [0.1, 0.15) is 0 Å². The molecule has 0 fully saturated rings. The Morgan fingerprint density at radius 3 is 2.67 bits per heavy atom. The number of hydrogen-bond donors (Lipinski definition) is 0. The molecule has 0 bridgehead atoms. The SMILES string of the molecule is CC1CC=CC(Cl)=C1Cl. The minimum absolute atomic E-state index is 0.407. The van der Waals surface area contributed by atoms with Crippen molar-refractivity contribution in [2.24, 2.45) is 5.92 Å². The first-order chi connectivity index (χ1) is 4.22. The molecule has 0 saturated carbocycles. The van der Waals surface area contributed by atoms with Crippen molar-refractivity contribution >= 4 is 23.2 Å². The van der Waals surface area contributed by atoms with Gasteiger partial charge in [-0.3, -0.25) is 0 Å². The smallest absolute Gasteiger partial charge is 0.0550 e. The molecule has 0 aliphatic heterocycles. The first-order valence-electron chi connectivity index (χ1n) is 2.93. The second kappa shape index (κ2) is 2.76. The molecule has 0 saturated heterocycles. The molecule has 0 aromatic carbocycles. The van der Waals surface area contributed by atoms with Crippen molar-refractivity contribution < 1.29 is 0 Å². The molecule has 0 aromatic rings. The molecular formula is C7H8Cl2. The van der Waals surface area contributed by atoms with E-state index in [0.29, 0.717) is 11.0 Å². The molecule has 1 unspecified atom stereocenters. The van der Waals surface area contributed by atoms with Crippen LogP contribution in [0.25, 0.3) is 0 Å². The zero-order valence-corrected chi connectivity index (χ0v) is 6.71. The van der Waals surface area contributed by atoms with Gasteiger partial charge in [-0.15, -0.1) is 0 Å². The molecular weight excluding hydrogens is 155 g/mol. The maximum atomic E-state index is 5.81. The Morgan fingerprint density at radius 1 is 1.56 bits per heavy atom. The minimum Gasteiger partial charge on any atom is -0.0872 e. The largest absolute Gasteiger partial charge is 0.0872 e. The Kier molecular flexibility index (Phi) is 2.20. The van der Waals surface area contributed by atoms with Gasteiger partial charge in [0.2, 0.25) is 0 Å². The van der Waals surface area contributed by atoms with Crippen LogP contribution in [0.5, 0.6) is 0 Å². The fraction of sp³-hybridized carbons (Fsp3) is 0.429. The van der Waals surface area contributed by atoms with E-state index in [-0.39, 0.29) is 0 Å². The summed E-state index contributed by atoms with van der Waals surface area (Å²) < 4.78 is 0. The highest BCUT2D eigenvalue weighted by atomic mass is 35.5. The molecule has 0 amide bonds. The van der Waals surface area contributed by atoms with Gasteiger partial charge in [0.25, 0.3) is 0 Å². The number of allylic oxidation sites excluding steroid dienone is 4. The lowest BCUT2D eigenvalue weighted by Crippen LogP contribution is -1.97. The average molecular weight is 163 g/mol. The van der Waals surface area contributed by atoms with E-state index in [1.165, 1.54) is 0 Å². The van der Waals surface area contributed by atoms with Crippen molar-refractivity contribution in [3.05, 3.63) is 22.2 Å². The van der Waals surface area contributed by atoms with Crippen LogP contribution in [-0.2, 0) is 0 Å². The summed E-state index contributed by atoms with van der Waals surface area (Å²) in [6.07, 6.45) is 4.90. The normalized spacial score (nSPS) is 27.2. The van der Waals surface area contributed by atoms with Crippen molar-refractivity contribution in [1.82, 2.24) is 0 Å². The summed E-state index contributed by atoms with van der Waals surface area (Å²) in [6, 6.07) is 0. The van der Waals surface area contributed by atoms with Crippen LogP contribution in [0, 0.1) is 5.92 Å². The molecule has 1 aliphatic rings. The molecule has 0 heterocycles. The molecule has 0 spiro atoms. The van der Waals surface area contributed by atoms with Crippen molar-refractivity contribution in [3.8, 4) is 0 Å². The van der Waals surface area contributed by atoms with Crippen LogP contribution >= 0.6 is 23.2 Å². The molecule has 1 atom stereocenters. The van der Waals surface area contributed by atoms with Crippen LogP contribution < -0.4 is 0 Å². The molecule has 0 radical (unpaired) electrons. The van der Waals surface area contributed by atoms with E-state index in [0.717, 1.165) is 11.5 Å². The molecule has 50 valence electrons. The van der Waals surface area contributed by atoms with Crippen LogP contribution in [0.1, 0.15) is 13.3 Å². The summed E-state index contributed by atoms with van der Waals surface area (Å²) >= 11 is 11.5. The maximum absolute atomic E-state index is 5.81. The number of hydrogen-bond acceptors (Lipinski definition) is 0. The molecule has 0 nitrogen and oxygen atoms in total. The second-order valence-corrected chi connectivity index (χ2v) is 3.05. The van der Waals surface area contributed by atoms with Gasteiger partial charge in [-0.25, -0.2) is 0 Å². The molecule has 0 N–H and O–H groups in total. The molecule has 2 heteroatoms. The van der Waals surface area contributed by atoms with Gasteiger partial charge in [0.15, 0.2) is 0 Å².